The lowest BCUT2D eigenvalue weighted by molar-refractivity contribution is 0.117. The summed E-state index contributed by atoms with van der Waals surface area (Å²) in [6.07, 6.45) is 7.06. The predicted molar refractivity (Wildman–Crippen MR) is 137 cm³/mol. The summed E-state index contributed by atoms with van der Waals surface area (Å²) in [5.41, 5.74) is 6.97. The average Bonchev–Trinajstić information content (AvgIpc) is 3.58. The number of nitrogens with zero attached hydrogens (tertiary/aromatic N) is 5. The summed E-state index contributed by atoms with van der Waals surface area (Å²) in [6.45, 7) is 15.4. The topological polar surface area (TPSA) is 37.2 Å². The number of piperazine rings is 1. The summed E-state index contributed by atoms with van der Waals surface area (Å²) in [5, 5.41) is 0. The Morgan fingerprint density at radius 1 is 1.00 bits per heavy atom. The van der Waals surface area contributed by atoms with Crippen LogP contribution in [0.5, 0.6) is 0 Å². The van der Waals surface area contributed by atoms with Gasteiger partial charge in [-0.15, -0.1) is 0 Å². The van der Waals surface area contributed by atoms with E-state index in [2.05, 4.69) is 84.5 Å². The average molecular weight is 444 g/mol. The predicted octanol–water partition coefficient (Wildman–Crippen LogP) is 5.01. The quantitative estimate of drug-likeness (QED) is 0.514. The van der Waals surface area contributed by atoms with Crippen molar-refractivity contribution in [3.05, 3.63) is 64.6 Å². The van der Waals surface area contributed by atoms with Gasteiger partial charge in [0.2, 0.25) is 0 Å². The largest absolute Gasteiger partial charge is 0.308 e. The highest BCUT2D eigenvalue weighted by Crippen LogP contribution is 2.41. The van der Waals surface area contributed by atoms with E-state index in [4.69, 9.17) is 9.97 Å². The molecule has 0 radical (unpaired) electrons. The molecule has 3 aromatic rings. The van der Waals surface area contributed by atoms with Gasteiger partial charge < -0.3 is 4.57 Å². The Balaban J connectivity index is 1.25. The molecule has 0 atom stereocenters. The van der Waals surface area contributed by atoms with Crippen molar-refractivity contribution in [1.82, 2.24) is 24.3 Å². The van der Waals surface area contributed by atoms with Gasteiger partial charge in [0.25, 0.3) is 0 Å². The zero-order chi connectivity index (χ0) is 22.9. The number of aromatic nitrogens is 3. The van der Waals surface area contributed by atoms with Gasteiger partial charge in [-0.25, -0.2) is 9.97 Å². The SMILES string of the molecule is Cc1cc(C)c2nc(C3CC3)n(Cc3ccc(C=CCN4CCN(C(C)C)CC4)cc3)c2n1. The Hall–Kier alpha value is -2.50. The first-order valence-corrected chi connectivity index (χ1v) is 12.5. The van der Waals surface area contributed by atoms with Crippen LogP contribution in [0.4, 0.5) is 0 Å². The van der Waals surface area contributed by atoms with Gasteiger partial charge in [-0.3, -0.25) is 9.80 Å². The number of rotatable bonds is 7. The molecule has 5 nitrogen and oxygen atoms in total. The molecule has 1 aliphatic carbocycles. The van der Waals surface area contributed by atoms with E-state index < -0.39 is 0 Å². The molecule has 174 valence electrons. The number of fused-ring (bicyclic) bond motifs is 1. The van der Waals surface area contributed by atoms with E-state index >= 15 is 0 Å². The summed E-state index contributed by atoms with van der Waals surface area (Å²) in [4.78, 5) is 15.0. The molecule has 5 rings (SSSR count). The molecule has 3 heterocycles. The van der Waals surface area contributed by atoms with Gasteiger partial charge in [0.05, 0.1) is 6.54 Å². The van der Waals surface area contributed by atoms with Gasteiger partial charge in [0.1, 0.15) is 11.3 Å². The maximum absolute atomic E-state index is 5.01. The molecular formula is C28H37N5. The number of hydrogen-bond acceptors (Lipinski definition) is 4. The second-order valence-electron chi connectivity index (χ2n) is 10.2. The van der Waals surface area contributed by atoms with Crippen LogP contribution in [-0.2, 0) is 6.54 Å². The van der Waals surface area contributed by atoms with Crippen molar-refractivity contribution in [1.29, 1.82) is 0 Å². The summed E-state index contributed by atoms with van der Waals surface area (Å²) >= 11 is 0. The monoisotopic (exact) mass is 443 g/mol. The zero-order valence-corrected chi connectivity index (χ0v) is 20.6. The second kappa shape index (κ2) is 9.40. The molecule has 1 aromatic carbocycles. The molecule has 2 aromatic heterocycles. The standard InChI is InChI=1S/C28H37N5/c1-20(2)32-16-14-31(15-17-32)13-5-6-23-7-9-24(10-8-23)19-33-27(25-11-12-25)30-26-21(3)18-22(4)29-28(26)33/h5-10,18,20,25H,11-17,19H2,1-4H3. The Kier molecular flexibility index (Phi) is 6.35. The highest BCUT2D eigenvalue weighted by atomic mass is 15.3. The van der Waals surface area contributed by atoms with Crippen LogP contribution in [0.3, 0.4) is 0 Å². The molecule has 2 fully saturated rings. The third-order valence-corrected chi connectivity index (χ3v) is 7.13. The smallest absolute Gasteiger partial charge is 0.160 e. The Morgan fingerprint density at radius 3 is 2.39 bits per heavy atom. The van der Waals surface area contributed by atoms with Gasteiger partial charge in [0, 0.05) is 50.4 Å². The number of pyridine rings is 1. The molecule has 0 unspecified atom stereocenters. The van der Waals surface area contributed by atoms with Crippen LogP contribution in [-0.4, -0.2) is 63.1 Å². The molecule has 0 bridgehead atoms. The Bertz CT molecular complexity index is 1130. The van der Waals surface area contributed by atoms with E-state index in [1.165, 1.54) is 48.4 Å². The molecule has 0 amide bonds. The number of aryl methyl sites for hydroxylation is 2. The van der Waals surface area contributed by atoms with Gasteiger partial charge in [-0.2, -0.15) is 0 Å². The lowest BCUT2D eigenvalue weighted by Gasteiger charge is -2.36. The van der Waals surface area contributed by atoms with E-state index in [1.54, 1.807) is 0 Å². The Labute approximate surface area is 198 Å². The highest BCUT2D eigenvalue weighted by molar-refractivity contribution is 5.76. The van der Waals surface area contributed by atoms with Gasteiger partial charge in [-0.1, -0.05) is 36.4 Å². The van der Waals surface area contributed by atoms with E-state index in [9.17, 15) is 0 Å². The molecule has 0 spiro atoms. The lowest BCUT2D eigenvalue weighted by Crippen LogP contribution is -2.48. The lowest BCUT2D eigenvalue weighted by atomic mass is 10.1. The molecule has 2 aliphatic rings. The van der Waals surface area contributed by atoms with E-state index in [1.807, 2.05) is 0 Å². The van der Waals surface area contributed by atoms with E-state index in [-0.39, 0.29) is 0 Å². The molecule has 1 saturated heterocycles. The zero-order valence-electron chi connectivity index (χ0n) is 20.6. The van der Waals surface area contributed by atoms with Crippen LogP contribution < -0.4 is 0 Å². The van der Waals surface area contributed by atoms with Crippen molar-refractivity contribution in [2.75, 3.05) is 32.7 Å². The normalized spacial score (nSPS) is 18.2. The maximum atomic E-state index is 5.01. The fourth-order valence-corrected chi connectivity index (χ4v) is 4.95. The number of imidazole rings is 1. The van der Waals surface area contributed by atoms with Crippen LogP contribution in [0.15, 0.2) is 36.4 Å². The fourth-order valence-electron chi connectivity index (χ4n) is 4.95. The van der Waals surface area contributed by atoms with Crippen molar-refractivity contribution < 1.29 is 0 Å². The van der Waals surface area contributed by atoms with Crippen LogP contribution >= 0.6 is 0 Å². The fraction of sp³-hybridized carbons (Fsp3) is 0.500. The van der Waals surface area contributed by atoms with Crippen LogP contribution in [0.2, 0.25) is 0 Å². The van der Waals surface area contributed by atoms with E-state index in [0.717, 1.165) is 43.0 Å². The first kappa shape index (κ1) is 22.3. The first-order valence-electron chi connectivity index (χ1n) is 12.5. The summed E-state index contributed by atoms with van der Waals surface area (Å²) < 4.78 is 2.36. The molecular weight excluding hydrogens is 406 g/mol. The molecule has 1 aliphatic heterocycles. The van der Waals surface area contributed by atoms with Crippen LogP contribution in [0, 0.1) is 13.8 Å². The molecule has 1 saturated carbocycles. The molecule has 33 heavy (non-hydrogen) atoms. The van der Waals surface area contributed by atoms with Crippen molar-refractivity contribution in [3.8, 4) is 0 Å². The molecule has 5 heteroatoms. The summed E-state index contributed by atoms with van der Waals surface area (Å²) in [5.74, 6) is 1.82. The van der Waals surface area contributed by atoms with Crippen LogP contribution in [0.1, 0.15) is 60.8 Å². The van der Waals surface area contributed by atoms with E-state index in [0.29, 0.717) is 12.0 Å². The highest BCUT2D eigenvalue weighted by Gasteiger charge is 2.30. The second-order valence-corrected chi connectivity index (χ2v) is 10.2. The summed E-state index contributed by atoms with van der Waals surface area (Å²) in [7, 11) is 0. The Morgan fingerprint density at radius 2 is 1.73 bits per heavy atom. The minimum Gasteiger partial charge on any atom is -0.308 e. The third-order valence-electron chi connectivity index (χ3n) is 7.13. The number of benzene rings is 1. The van der Waals surface area contributed by atoms with Crippen molar-refractivity contribution in [3.63, 3.8) is 0 Å². The third kappa shape index (κ3) is 5.04. The van der Waals surface area contributed by atoms with Crippen molar-refractivity contribution in [2.24, 2.45) is 0 Å². The first-order chi connectivity index (χ1) is 16.0. The van der Waals surface area contributed by atoms with Gasteiger partial charge >= 0.3 is 0 Å². The number of hydrogen-bond donors (Lipinski definition) is 0. The van der Waals surface area contributed by atoms with Gasteiger partial charge in [0.15, 0.2) is 5.65 Å². The minimum atomic E-state index is 0.600. The minimum absolute atomic E-state index is 0.600. The summed E-state index contributed by atoms with van der Waals surface area (Å²) in [6, 6.07) is 11.8. The van der Waals surface area contributed by atoms with Gasteiger partial charge in [-0.05, 0) is 63.3 Å². The van der Waals surface area contributed by atoms with Crippen LogP contribution in [0.25, 0.3) is 17.2 Å². The maximum Gasteiger partial charge on any atom is 0.160 e. The van der Waals surface area contributed by atoms with Crippen molar-refractivity contribution >= 4 is 17.2 Å². The van der Waals surface area contributed by atoms with Crippen molar-refractivity contribution in [2.45, 2.75) is 59.0 Å². The molecule has 0 N–H and O–H groups in total.